The van der Waals surface area contributed by atoms with Gasteiger partial charge < -0.3 is 15.1 Å². The Morgan fingerprint density at radius 3 is 2.46 bits per heavy atom. The molecule has 0 saturated heterocycles. The van der Waals surface area contributed by atoms with Crippen LogP contribution in [0.25, 0.3) is 10.8 Å². The summed E-state index contributed by atoms with van der Waals surface area (Å²) in [5.41, 5.74) is 2.54. The molecule has 3 aromatic rings. The van der Waals surface area contributed by atoms with Gasteiger partial charge in [-0.2, -0.15) is 0 Å². The first kappa shape index (κ1) is 24.9. The van der Waals surface area contributed by atoms with Crippen LogP contribution < -0.4 is 10.2 Å². The number of nitrogens with one attached hydrogen (secondary N) is 1. The lowest BCUT2D eigenvalue weighted by Gasteiger charge is -2.30. The monoisotopic (exact) mass is 535 g/mol. The molecule has 0 aliphatic carbocycles. The molecule has 0 spiro atoms. The number of anilines is 1. The maximum absolute atomic E-state index is 13.4. The largest absolute Gasteiger partial charge is 0.352 e. The van der Waals surface area contributed by atoms with Crippen LogP contribution in [0.3, 0.4) is 0 Å². The van der Waals surface area contributed by atoms with Crippen LogP contribution in [-0.4, -0.2) is 41.2 Å². The molecule has 1 aliphatic rings. The highest BCUT2D eigenvalue weighted by Crippen LogP contribution is 2.37. The maximum atomic E-state index is 13.4. The van der Waals surface area contributed by atoms with Gasteiger partial charge in [-0.3, -0.25) is 14.4 Å². The van der Waals surface area contributed by atoms with Gasteiger partial charge in [0, 0.05) is 41.0 Å². The van der Waals surface area contributed by atoms with Gasteiger partial charge >= 0.3 is 0 Å². The number of carbonyl (C=O) groups is 3. The second kappa shape index (κ2) is 10.6. The van der Waals surface area contributed by atoms with Crippen molar-refractivity contribution in [3.05, 3.63) is 76.3 Å². The lowest BCUT2D eigenvalue weighted by atomic mass is 10.1. The third-order valence-electron chi connectivity index (χ3n) is 6.26. The molecule has 35 heavy (non-hydrogen) atoms. The van der Waals surface area contributed by atoms with E-state index in [1.807, 2.05) is 74.5 Å². The van der Waals surface area contributed by atoms with Crippen LogP contribution in [-0.2, 0) is 16.1 Å². The Bertz CT molecular complexity index is 1270. The molecule has 0 unspecified atom stereocenters. The van der Waals surface area contributed by atoms with E-state index in [4.69, 9.17) is 0 Å². The molecule has 0 fully saturated rings. The molecule has 6 nitrogen and oxygen atoms in total. The average molecular weight is 536 g/mol. The van der Waals surface area contributed by atoms with Crippen LogP contribution in [0.15, 0.2) is 65.1 Å². The van der Waals surface area contributed by atoms with Gasteiger partial charge in [-0.15, -0.1) is 0 Å². The molecule has 0 bridgehead atoms. The predicted molar refractivity (Wildman–Crippen MR) is 142 cm³/mol. The van der Waals surface area contributed by atoms with Crippen LogP contribution in [0, 0.1) is 0 Å². The van der Waals surface area contributed by atoms with Gasteiger partial charge in [-0.25, -0.2) is 0 Å². The molecular formula is C28H30BrN3O3. The number of hydrogen-bond acceptors (Lipinski definition) is 3. The Balaban J connectivity index is 1.46. The van der Waals surface area contributed by atoms with Crippen molar-refractivity contribution in [2.75, 3.05) is 11.4 Å². The summed E-state index contributed by atoms with van der Waals surface area (Å²) in [5.74, 6) is -0.320. The summed E-state index contributed by atoms with van der Waals surface area (Å²) in [7, 11) is 0. The number of nitrogens with zero attached hydrogens (tertiary/aromatic N) is 2. The molecule has 4 rings (SSSR count). The molecule has 0 saturated carbocycles. The van der Waals surface area contributed by atoms with Crippen molar-refractivity contribution in [1.29, 1.82) is 0 Å². The predicted octanol–water partition coefficient (Wildman–Crippen LogP) is 5.28. The van der Waals surface area contributed by atoms with Crippen molar-refractivity contribution in [1.82, 2.24) is 10.2 Å². The third kappa shape index (κ3) is 5.40. The standard InChI is InChI=1S/C28H30BrN3O3/c1-18(2)30-27(34)19(3)32(17-20-8-4-11-22(29)16-20)25(33)14-7-15-31-24-13-6-10-21-9-5-12-23(26(21)24)28(31)35/h4-6,8-13,16,18-19H,7,14-15,17H2,1-3H3,(H,30,34)/t19-/m0/s1. The minimum Gasteiger partial charge on any atom is -0.352 e. The van der Waals surface area contributed by atoms with Crippen LogP contribution in [0.2, 0.25) is 0 Å². The van der Waals surface area contributed by atoms with Gasteiger partial charge in [0.15, 0.2) is 0 Å². The van der Waals surface area contributed by atoms with Gasteiger partial charge in [-0.05, 0) is 62.4 Å². The summed E-state index contributed by atoms with van der Waals surface area (Å²) in [5, 5.41) is 4.92. The lowest BCUT2D eigenvalue weighted by molar-refractivity contribution is -0.140. The Labute approximate surface area is 214 Å². The van der Waals surface area contributed by atoms with E-state index in [2.05, 4.69) is 21.2 Å². The second-order valence-corrected chi connectivity index (χ2v) is 10.1. The summed E-state index contributed by atoms with van der Waals surface area (Å²) in [4.78, 5) is 42.5. The number of benzene rings is 3. The molecule has 182 valence electrons. The van der Waals surface area contributed by atoms with Crippen molar-refractivity contribution in [3.63, 3.8) is 0 Å². The number of amides is 3. The first-order valence-electron chi connectivity index (χ1n) is 11.9. The van der Waals surface area contributed by atoms with Gasteiger partial charge in [0.25, 0.3) is 5.91 Å². The molecule has 1 aliphatic heterocycles. The summed E-state index contributed by atoms with van der Waals surface area (Å²) >= 11 is 3.48. The van der Waals surface area contributed by atoms with E-state index in [-0.39, 0.29) is 30.2 Å². The fraction of sp³-hybridized carbons (Fsp3) is 0.321. The van der Waals surface area contributed by atoms with Crippen LogP contribution >= 0.6 is 15.9 Å². The number of carbonyl (C=O) groups excluding carboxylic acids is 3. The summed E-state index contributed by atoms with van der Waals surface area (Å²) in [6, 6.07) is 18.8. The van der Waals surface area contributed by atoms with Gasteiger partial charge in [0.1, 0.15) is 6.04 Å². The number of hydrogen-bond donors (Lipinski definition) is 1. The highest BCUT2D eigenvalue weighted by Gasteiger charge is 2.30. The third-order valence-corrected chi connectivity index (χ3v) is 6.75. The van der Waals surface area contributed by atoms with E-state index >= 15 is 0 Å². The lowest BCUT2D eigenvalue weighted by Crippen LogP contribution is -2.49. The Morgan fingerprint density at radius 2 is 1.74 bits per heavy atom. The SMILES string of the molecule is CC(C)NC(=O)[C@H](C)N(Cc1cccc(Br)c1)C(=O)CCCN1C(=O)c2cccc3cccc1c23. The summed E-state index contributed by atoms with van der Waals surface area (Å²) in [6.07, 6.45) is 0.742. The zero-order valence-electron chi connectivity index (χ0n) is 20.3. The minimum absolute atomic E-state index is 0.0155. The zero-order chi connectivity index (χ0) is 25.1. The van der Waals surface area contributed by atoms with Gasteiger partial charge in [0.2, 0.25) is 11.8 Å². The fourth-order valence-corrected chi connectivity index (χ4v) is 5.00. The fourth-order valence-electron chi connectivity index (χ4n) is 4.55. The number of halogens is 1. The van der Waals surface area contributed by atoms with Gasteiger partial charge in [0.05, 0.1) is 5.69 Å². The molecule has 1 N–H and O–H groups in total. The van der Waals surface area contributed by atoms with E-state index in [0.717, 1.165) is 26.5 Å². The molecule has 0 aromatic heterocycles. The molecule has 1 atom stereocenters. The second-order valence-electron chi connectivity index (χ2n) is 9.23. The number of rotatable bonds is 9. The van der Waals surface area contributed by atoms with Crippen molar-refractivity contribution >= 4 is 50.1 Å². The maximum Gasteiger partial charge on any atom is 0.258 e. The average Bonchev–Trinajstić information content (AvgIpc) is 3.10. The first-order valence-corrected chi connectivity index (χ1v) is 12.7. The van der Waals surface area contributed by atoms with Gasteiger partial charge in [-0.1, -0.05) is 52.3 Å². The normalized spacial score (nSPS) is 13.4. The molecule has 0 radical (unpaired) electrons. The summed E-state index contributed by atoms with van der Waals surface area (Å²) < 4.78 is 0.919. The van der Waals surface area contributed by atoms with E-state index in [9.17, 15) is 14.4 Å². The Hall–Kier alpha value is -3.19. The minimum atomic E-state index is -0.615. The Morgan fingerprint density at radius 1 is 1.03 bits per heavy atom. The molecule has 7 heteroatoms. The topological polar surface area (TPSA) is 69.7 Å². The van der Waals surface area contributed by atoms with E-state index in [1.54, 1.807) is 16.7 Å². The van der Waals surface area contributed by atoms with E-state index in [0.29, 0.717) is 25.1 Å². The van der Waals surface area contributed by atoms with Crippen LogP contribution in [0.1, 0.15) is 49.5 Å². The highest BCUT2D eigenvalue weighted by molar-refractivity contribution is 9.10. The van der Waals surface area contributed by atoms with Crippen molar-refractivity contribution in [2.45, 2.75) is 52.2 Å². The zero-order valence-corrected chi connectivity index (χ0v) is 21.8. The van der Waals surface area contributed by atoms with Crippen LogP contribution in [0.5, 0.6) is 0 Å². The van der Waals surface area contributed by atoms with E-state index in [1.165, 1.54) is 0 Å². The van der Waals surface area contributed by atoms with Crippen molar-refractivity contribution < 1.29 is 14.4 Å². The van der Waals surface area contributed by atoms with Crippen LogP contribution in [0.4, 0.5) is 5.69 Å². The quantitative estimate of drug-likeness (QED) is 0.405. The Kier molecular flexibility index (Phi) is 7.55. The molecular weight excluding hydrogens is 506 g/mol. The smallest absolute Gasteiger partial charge is 0.258 e. The molecule has 3 aromatic carbocycles. The summed E-state index contributed by atoms with van der Waals surface area (Å²) in [6.45, 7) is 6.33. The molecule has 1 heterocycles. The highest BCUT2D eigenvalue weighted by atomic mass is 79.9. The van der Waals surface area contributed by atoms with E-state index < -0.39 is 6.04 Å². The van der Waals surface area contributed by atoms with Crippen molar-refractivity contribution in [3.8, 4) is 0 Å². The first-order chi connectivity index (χ1) is 16.8. The van der Waals surface area contributed by atoms with Crippen molar-refractivity contribution in [2.24, 2.45) is 0 Å². The molecule has 3 amide bonds.